The Labute approximate surface area is 105 Å². The number of aromatic nitrogens is 4. The molecule has 0 aliphatic rings. The van der Waals surface area contributed by atoms with E-state index in [0.717, 1.165) is 6.54 Å². The topological polar surface area (TPSA) is 55.6 Å². The molecule has 5 nitrogen and oxygen atoms in total. The van der Waals surface area contributed by atoms with Crippen LogP contribution in [-0.4, -0.2) is 26.8 Å². The lowest BCUT2D eigenvalue weighted by Gasteiger charge is -2.14. The Morgan fingerprint density at radius 1 is 1.39 bits per heavy atom. The van der Waals surface area contributed by atoms with Crippen LogP contribution >= 0.6 is 0 Å². The van der Waals surface area contributed by atoms with E-state index in [1.807, 2.05) is 19.9 Å². The van der Waals surface area contributed by atoms with E-state index >= 15 is 0 Å². The number of nitrogens with zero attached hydrogens (tertiary/aromatic N) is 4. The van der Waals surface area contributed by atoms with Gasteiger partial charge in [0.15, 0.2) is 5.82 Å². The van der Waals surface area contributed by atoms with E-state index in [0.29, 0.717) is 17.9 Å². The van der Waals surface area contributed by atoms with Crippen LogP contribution in [-0.2, 0) is 6.54 Å². The largest absolute Gasteiger partial charge is 0.310 e. The first-order valence-electron chi connectivity index (χ1n) is 5.96. The van der Waals surface area contributed by atoms with E-state index < -0.39 is 0 Å². The van der Waals surface area contributed by atoms with Crippen molar-refractivity contribution in [1.29, 1.82) is 0 Å². The van der Waals surface area contributed by atoms with Gasteiger partial charge in [0.05, 0.1) is 12.6 Å². The molecule has 2 aromatic rings. The van der Waals surface area contributed by atoms with Crippen molar-refractivity contribution in [3.63, 3.8) is 0 Å². The number of halogens is 1. The SMILES string of the molecule is CCNCc1nnnn1C(C)c1ccccc1F. The van der Waals surface area contributed by atoms with E-state index in [1.165, 1.54) is 6.07 Å². The van der Waals surface area contributed by atoms with Crippen LogP contribution in [0.3, 0.4) is 0 Å². The third kappa shape index (κ3) is 2.53. The van der Waals surface area contributed by atoms with Crippen LogP contribution in [0.5, 0.6) is 0 Å². The number of benzene rings is 1. The van der Waals surface area contributed by atoms with Crippen molar-refractivity contribution >= 4 is 0 Å². The normalized spacial score (nSPS) is 12.6. The molecule has 1 N–H and O–H groups in total. The zero-order valence-electron chi connectivity index (χ0n) is 10.5. The second kappa shape index (κ2) is 5.68. The van der Waals surface area contributed by atoms with Crippen LogP contribution < -0.4 is 5.32 Å². The average molecular weight is 249 g/mol. The number of nitrogens with one attached hydrogen (secondary N) is 1. The monoisotopic (exact) mass is 249 g/mol. The standard InChI is InChI=1S/C12H16FN5/c1-3-14-8-12-15-16-17-18(12)9(2)10-6-4-5-7-11(10)13/h4-7,9,14H,3,8H2,1-2H3. The minimum atomic E-state index is -0.241. The Bertz CT molecular complexity index is 511. The summed E-state index contributed by atoms with van der Waals surface area (Å²) < 4.78 is 15.4. The van der Waals surface area contributed by atoms with Crippen molar-refractivity contribution < 1.29 is 4.39 Å². The van der Waals surface area contributed by atoms with Gasteiger partial charge in [-0.15, -0.1) is 5.10 Å². The molecule has 96 valence electrons. The van der Waals surface area contributed by atoms with Gasteiger partial charge in [0.1, 0.15) is 5.82 Å². The molecule has 0 amide bonds. The highest BCUT2D eigenvalue weighted by molar-refractivity contribution is 5.21. The van der Waals surface area contributed by atoms with Gasteiger partial charge < -0.3 is 5.32 Å². The molecule has 0 fully saturated rings. The quantitative estimate of drug-likeness (QED) is 0.873. The molecule has 1 unspecified atom stereocenters. The van der Waals surface area contributed by atoms with Crippen LogP contribution in [0.25, 0.3) is 0 Å². The van der Waals surface area contributed by atoms with Crippen LogP contribution in [0, 0.1) is 5.82 Å². The fourth-order valence-corrected chi connectivity index (χ4v) is 1.81. The van der Waals surface area contributed by atoms with Gasteiger partial charge in [-0.1, -0.05) is 25.1 Å². The summed E-state index contributed by atoms with van der Waals surface area (Å²) in [5, 5.41) is 14.7. The van der Waals surface area contributed by atoms with Gasteiger partial charge >= 0.3 is 0 Å². The summed E-state index contributed by atoms with van der Waals surface area (Å²) in [5.41, 5.74) is 0.586. The lowest BCUT2D eigenvalue weighted by atomic mass is 10.1. The Morgan fingerprint density at radius 3 is 2.89 bits per heavy atom. The van der Waals surface area contributed by atoms with Gasteiger partial charge in [-0.3, -0.25) is 0 Å². The van der Waals surface area contributed by atoms with Crippen molar-refractivity contribution in [2.24, 2.45) is 0 Å². The molecule has 6 heteroatoms. The van der Waals surface area contributed by atoms with Crippen molar-refractivity contribution in [2.45, 2.75) is 26.4 Å². The molecule has 0 spiro atoms. The maximum atomic E-state index is 13.7. The predicted octanol–water partition coefficient (Wildman–Crippen LogP) is 1.53. The minimum Gasteiger partial charge on any atom is -0.310 e. The average Bonchev–Trinajstić information content (AvgIpc) is 2.84. The molecule has 0 aliphatic carbocycles. The van der Waals surface area contributed by atoms with E-state index in [4.69, 9.17) is 0 Å². The van der Waals surface area contributed by atoms with E-state index in [-0.39, 0.29) is 11.9 Å². The maximum absolute atomic E-state index is 13.7. The van der Waals surface area contributed by atoms with E-state index in [1.54, 1.807) is 16.8 Å². The van der Waals surface area contributed by atoms with Crippen LogP contribution in [0.15, 0.2) is 24.3 Å². The van der Waals surface area contributed by atoms with Crippen molar-refractivity contribution in [3.05, 3.63) is 41.5 Å². The fourth-order valence-electron chi connectivity index (χ4n) is 1.81. The first-order chi connectivity index (χ1) is 8.74. The lowest BCUT2D eigenvalue weighted by molar-refractivity contribution is 0.484. The Balaban J connectivity index is 2.26. The Kier molecular flexibility index (Phi) is 3.99. The molecular weight excluding hydrogens is 233 g/mol. The summed E-state index contributed by atoms with van der Waals surface area (Å²) in [6, 6.07) is 6.45. The van der Waals surface area contributed by atoms with Crippen LogP contribution in [0.2, 0.25) is 0 Å². The molecule has 1 aromatic carbocycles. The number of tetrazole rings is 1. The van der Waals surface area contributed by atoms with Gasteiger partial charge in [-0.2, -0.15) is 0 Å². The van der Waals surface area contributed by atoms with Gasteiger partial charge in [0.2, 0.25) is 0 Å². The van der Waals surface area contributed by atoms with Gasteiger partial charge in [0.25, 0.3) is 0 Å². The van der Waals surface area contributed by atoms with E-state index in [2.05, 4.69) is 20.8 Å². The lowest BCUT2D eigenvalue weighted by Crippen LogP contribution is -2.20. The Morgan fingerprint density at radius 2 is 2.17 bits per heavy atom. The molecule has 0 bridgehead atoms. The van der Waals surface area contributed by atoms with Crippen LogP contribution in [0.1, 0.15) is 31.3 Å². The van der Waals surface area contributed by atoms with Crippen molar-refractivity contribution in [1.82, 2.24) is 25.5 Å². The zero-order valence-corrected chi connectivity index (χ0v) is 10.5. The fraction of sp³-hybridized carbons (Fsp3) is 0.417. The van der Waals surface area contributed by atoms with Gasteiger partial charge in [0, 0.05) is 5.56 Å². The molecule has 1 heterocycles. The van der Waals surface area contributed by atoms with Crippen LogP contribution in [0.4, 0.5) is 4.39 Å². The van der Waals surface area contributed by atoms with Gasteiger partial charge in [-0.05, 0) is 30.0 Å². The molecular formula is C12H16FN5. The predicted molar refractivity (Wildman–Crippen MR) is 65.4 cm³/mol. The molecule has 1 atom stereocenters. The first-order valence-corrected chi connectivity index (χ1v) is 5.96. The number of hydrogen-bond donors (Lipinski definition) is 1. The Hall–Kier alpha value is -1.82. The summed E-state index contributed by atoms with van der Waals surface area (Å²) in [4.78, 5) is 0. The molecule has 0 aliphatic heterocycles. The molecule has 1 aromatic heterocycles. The summed E-state index contributed by atoms with van der Waals surface area (Å²) in [6.45, 7) is 5.29. The third-order valence-corrected chi connectivity index (χ3v) is 2.82. The third-order valence-electron chi connectivity index (χ3n) is 2.82. The second-order valence-electron chi connectivity index (χ2n) is 4.02. The highest BCUT2D eigenvalue weighted by atomic mass is 19.1. The summed E-state index contributed by atoms with van der Waals surface area (Å²) in [5.74, 6) is 0.461. The van der Waals surface area contributed by atoms with E-state index in [9.17, 15) is 4.39 Å². The van der Waals surface area contributed by atoms with Crippen molar-refractivity contribution in [3.8, 4) is 0 Å². The highest BCUT2D eigenvalue weighted by Gasteiger charge is 2.17. The molecule has 0 saturated heterocycles. The number of rotatable bonds is 5. The molecule has 2 rings (SSSR count). The highest BCUT2D eigenvalue weighted by Crippen LogP contribution is 2.20. The first kappa shape index (κ1) is 12.6. The summed E-state index contributed by atoms with van der Waals surface area (Å²) in [7, 11) is 0. The maximum Gasteiger partial charge on any atom is 0.165 e. The molecule has 0 radical (unpaired) electrons. The smallest absolute Gasteiger partial charge is 0.165 e. The number of hydrogen-bond acceptors (Lipinski definition) is 4. The summed E-state index contributed by atoms with van der Waals surface area (Å²) in [6.07, 6.45) is 0. The van der Waals surface area contributed by atoms with Crippen molar-refractivity contribution in [2.75, 3.05) is 6.54 Å². The summed E-state index contributed by atoms with van der Waals surface area (Å²) >= 11 is 0. The molecule has 0 saturated carbocycles. The minimum absolute atomic E-state index is 0.227. The molecule has 18 heavy (non-hydrogen) atoms. The second-order valence-corrected chi connectivity index (χ2v) is 4.02. The van der Waals surface area contributed by atoms with Gasteiger partial charge in [-0.25, -0.2) is 9.07 Å². The zero-order chi connectivity index (χ0) is 13.0.